The van der Waals surface area contributed by atoms with E-state index in [0.29, 0.717) is 24.3 Å². The van der Waals surface area contributed by atoms with Crippen molar-refractivity contribution in [1.29, 1.82) is 0 Å². The Morgan fingerprint density at radius 2 is 1.90 bits per heavy atom. The molecule has 3 nitrogen and oxygen atoms in total. The van der Waals surface area contributed by atoms with Crippen molar-refractivity contribution in [1.82, 2.24) is 0 Å². The highest BCUT2D eigenvalue weighted by molar-refractivity contribution is 9.10. The van der Waals surface area contributed by atoms with Crippen LogP contribution in [0.2, 0.25) is 0 Å². The van der Waals surface area contributed by atoms with Crippen molar-refractivity contribution in [2.24, 2.45) is 0 Å². The second-order valence-electron chi connectivity index (χ2n) is 4.22. The molecule has 2 aromatic rings. The van der Waals surface area contributed by atoms with Crippen molar-refractivity contribution >= 4 is 21.9 Å². The van der Waals surface area contributed by atoms with Gasteiger partial charge in [-0.05, 0) is 39.7 Å². The van der Waals surface area contributed by atoms with E-state index in [1.165, 1.54) is 0 Å². The van der Waals surface area contributed by atoms with Gasteiger partial charge < -0.3 is 9.47 Å². The number of rotatable bonds is 5. The summed E-state index contributed by atoms with van der Waals surface area (Å²) in [5, 5.41) is 0. The van der Waals surface area contributed by atoms with Crippen LogP contribution in [-0.4, -0.2) is 19.7 Å². The van der Waals surface area contributed by atoms with Crippen LogP contribution in [0.4, 0.5) is 0 Å². The van der Waals surface area contributed by atoms with E-state index in [1.54, 1.807) is 25.3 Å². The summed E-state index contributed by atoms with van der Waals surface area (Å²) in [6, 6.07) is 15.0. The van der Waals surface area contributed by atoms with Crippen molar-refractivity contribution in [3.8, 4) is 5.75 Å². The largest absolute Gasteiger partial charge is 0.496 e. The number of hydrogen-bond donors (Lipinski definition) is 0. The normalized spacial score (nSPS) is 10.1. The molecule has 0 saturated heterocycles. The molecule has 0 bridgehead atoms. The van der Waals surface area contributed by atoms with E-state index >= 15 is 0 Å². The third kappa shape index (κ3) is 3.84. The summed E-state index contributed by atoms with van der Waals surface area (Å²) in [6.45, 7) is 0.368. The van der Waals surface area contributed by atoms with Crippen molar-refractivity contribution in [2.45, 2.75) is 6.42 Å². The lowest BCUT2D eigenvalue weighted by atomic mass is 10.2. The van der Waals surface area contributed by atoms with Crippen LogP contribution in [-0.2, 0) is 11.2 Å². The predicted molar refractivity (Wildman–Crippen MR) is 81.1 cm³/mol. The van der Waals surface area contributed by atoms with Gasteiger partial charge in [0, 0.05) is 6.42 Å². The van der Waals surface area contributed by atoms with Crippen LogP contribution in [0.25, 0.3) is 0 Å². The number of ether oxygens (including phenoxy) is 2. The molecule has 0 unspecified atom stereocenters. The molecule has 2 rings (SSSR count). The highest BCUT2D eigenvalue weighted by atomic mass is 79.9. The molecule has 0 heterocycles. The fourth-order valence-corrected chi connectivity index (χ4v) is 2.32. The van der Waals surface area contributed by atoms with Crippen LogP contribution in [0.3, 0.4) is 0 Å². The van der Waals surface area contributed by atoms with Gasteiger partial charge in [-0.25, -0.2) is 4.79 Å². The lowest BCUT2D eigenvalue weighted by Gasteiger charge is -2.07. The third-order valence-electron chi connectivity index (χ3n) is 2.85. The Labute approximate surface area is 126 Å². The van der Waals surface area contributed by atoms with E-state index in [1.807, 2.05) is 30.3 Å². The molecule has 0 fully saturated rings. The minimum Gasteiger partial charge on any atom is -0.496 e. The molecule has 20 heavy (non-hydrogen) atoms. The van der Waals surface area contributed by atoms with Crippen LogP contribution in [0.15, 0.2) is 53.0 Å². The molecule has 4 heteroatoms. The Balaban J connectivity index is 1.90. The Kier molecular flexibility index (Phi) is 5.18. The standard InChI is InChI=1S/C16H15BrO3/c1-19-15-8-7-13(11-14(15)17)16(18)20-10-9-12-5-3-2-4-6-12/h2-8,11H,9-10H2,1H3. The topological polar surface area (TPSA) is 35.5 Å². The van der Waals surface area contributed by atoms with Gasteiger partial charge in [-0.15, -0.1) is 0 Å². The zero-order chi connectivity index (χ0) is 14.4. The van der Waals surface area contributed by atoms with Gasteiger partial charge in [-0.2, -0.15) is 0 Å². The summed E-state index contributed by atoms with van der Waals surface area (Å²) in [5.41, 5.74) is 1.65. The van der Waals surface area contributed by atoms with Gasteiger partial charge in [0.15, 0.2) is 0 Å². The highest BCUT2D eigenvalue weighted by Gasteiger charge is 2.10. The number of halogens is 1. The van der Waals surface area contributed by atoms with Gasteiger partial charge in [-0.3, -0.25) is 0 Å². The number of methoxy groups -OCH3 is 1. The summed E-state index contributed by atoms with van der Waals surface area (Å²) >= 11 is 3.35. The monoisotopic (exact) mass is 334 g/mol. The molecule has 0 radical (unpaired) electrons. The summed E-state index contributed by atoms with van der Waals surface area (Å²) in [6.07, 6.45) is 0.712. The van der Waals surface area contributed by atoms with Gasteiger partial charge in [0.25, 0.3) is 0 Å². The molecule has 0 aromatic heterocycles. The van der Waals surface area contributed by atoms with Gasteiger partial charge in [0.1, 0.15) is 5.75 Å². The Morgan fingerprint density at radius 1 is 1.15 bits per heavy atom. The Hall–Kier alpha value is -1.81. The Bertz CT molecular complexity index is 582. The maximum absolute atomic E-state index is 11.9. The Morgan fingerprint density at radius 3 is 2.55 bits per heavy atom. The van der Waals surface area contributed by atoms with Crippen LogP contribution in [0.5, 0.6) is 5.75 Å². The van der Waals surface area contributed by atoms with Gasteiger partial charge in [-0.1, -0.05) is 30.3 Å². The fourth-order valence-electron chi connectivity index (χ4n) is 1.78. The molecule has 104 valence electrons. The lowest BCUT2D eigenvalue weighted by Crippen LogP contribution is -2.08. The van der Waals surface area contributed by atoms with E-state index in [-0.39, 0.29) is 5.97 Å². The van der Waals surface area contributed by atoms with Crippen molar-refractivity contribution < 1.29 is 14.3 Å². The maximum atomic E-state index is 11.9. The van der Waals surface area contributed by atoms with E-state index in [2.05, 4.69) is 15.9 Å². The second-order valence-corrected chi connectivity index (χ2v) is 5.08. The number of esters is 1. The number of carbonyl (C=O) groups excluding carboxylic acids is 1. The molecule has 0 saturated carbocycles. The summed E-state index contributed by atoms with van der Waals surface area (Å²) in [5.74, 6) is 0.357. The lowest BCUT2D eigenvalue weighted by molar-refractivity contribution is 0.0509. The predicted octanol–water partition coefficient (Wildman–Crippen LogP) is 3.86. The van der Waals surface area contributed by atoms with E-state index in [0.717, 1.165) is 10.0 Å². The number of hydrogen-bond acceptors (Lipinski definition) is 3. The average molecular weight is 335 g/mol. The smallest absolute Gasteiger partial charge is 0.338 e. The first-order chi connectivity index (χ1) is 9.70. The van der Waals surface area contributed by atoms with Gasteiger partial charge in [0.05, 0.1) is 23.8 Å². The molecule has 0 aliphatic rings. The molecule has 0 aliphatic heterocycles. The number of carbonyl (C=O) groups is 1. The highest BCUT2D eigenvalue weighted by Crippen LogP contribution is 2.25. The van der Waals surface area contributed by atoms with Gasteiger partial charge in [0.2, 0.25) is 0 Å². The molecule has 2 aromatic carbocycles. The van der Waals surface area contributed by atoms with Crippen LogP contribution < -0.4 is 4.74 Å². The molecule has 0 aliphatic carbocycles. The molecule has 0 spiro atoms. The van der Waals surface area contributed by atoms with Crippen LogP contribution in [0.1, 0.15) is 15.9 Å². The summed E-state index contributed by atoms with van der Waals surface area (Å²) < 4.78 is 11.1. The molecular weight excluding hydrogens is 320 g/mol. The van der Waals surface area contributed by atoms with E-state index in [9.17, 15) is 4.79 Å². The average Bonchev–Trinajstić information content (AvgIpc) is 2.48. The second kappa shape index (κ2) is 7.10. The zero-order valence-corrected chi connectivity index (χ0v) is 12.7. The fraction of sp³-hybridized carbons (Fsp3) is 0.188. The zero-order valence-electron chi connectivity index (χ0n) is 11.1. The first-order valence-corrected chi connectivity index (χ1v) is 7.04. The third-order valence-corrected chi connectivity index (χ3v) is 3.47. The first-order valence-electron chi connectivity index (χ1n) is 6.25. The number of benzene rings is 2. The summed E-state index contributed by atoms with van der Waals surface area (Å²) in [7, 11) is 1.58. The quantitative estimate of drug-likeness (QED) is 0.779. The molecular formula is C16H15BrO3. The van der Waals surface area contributed by atoms with E-state index < -0.39 is 0 Å². The minimum absolute atomic E-state index is 0.329. The van der Waals surface area contributed by atoms with Gasteiger partial charge >= 0.3 is 5.97 Å². The van der Waals surface area contributed by atoms with Crippen LogP contribution in [0, 0.1) is 0 Å². The molecule has 0 N–H and O–H groups in total. The van der Waals surface area contributed by atoms with Crippen molar-refractivity contribution in [2.75, 3.05) is 13.7 Å². The van der Waals surface area contributed by atoms with Crippen molar-refractivity contribution in [3.05, 3.63) is 64.1 Å². The van der Waals surface area contributed by atoms with Crippen LogP contribution >= 0.6 is 15.9 Å². The first kappa shape index (κ1) is 14.6. The molecule has 0 atom stereocenters. The maximum Gasteiger partial charge on any atom is 0.338 e. The SMILES string of the molecule is COc1ccc(C(=O)OCCc2ccccc2)cc1Br. The van der Waals surface area contributed by atoms with E-state index in [4.69, 9.17) is 9.47 Å². The minimum atomic E-state index is -0.329. The molecule has 0 amide bonds. The van der Waals surface area contributed by atoms with Crippen molar-refractivity contribution in [3.63, 3.8) is 0 Å². The summed E-state index contributed by atoms with van der Waals surface area (Å²) in [4.78, 5) is 11.9.